The van der Waals surface area contributed by atoms with Gasteiger partial charge < -0.3 is 5.32 Å². The smallest absolute Gasteiger partial charge is 0.251 e. The number of carbonyl (C=O) groups excluding carboxylic acids is 1. The molecule has 29 heavy (non-hydrogen) atoms. The molecule has 1 aliphatic rings. The molecule has 1 amide bonds. The first kappa shape index (κ1) is 20.6. The zero-order valence-electron chi connectivity index (χ0n) is 17.5. The van der Waals surface area contributed by atoms with E-state index in [1.165, 1.54) is 28.7 Å². The highest BCUT2D eigenvalue weighted by molar-refractivity contribution is 5.93. The molecule has 0 fully saturated rings. The number of hydrogen-bond acceptors (Lipinski definition) is 1. The molecule has 0 saturated carbocycles. The second-order valence-corrected chi connectivity index (χ2v) is 7.55. The van der Waals surface area contributed by atoms with Gasteiger partial charge in [0.2, 0.25) is 0 Å². The van der Waals surface area contributed by atoms with E-state index in [2.05, 4.69) is 66.8 Å². The Labute approximate surface area is 174 Å². The summed E-state index contributed by atoms with van der Waals surface area (Å²) in [5.74, 6) is -0.0370. The molecule has 1 N–H and O–H groups in total. The number of fused-ring (bicyclic) bond motifs is 1. The molecule has 4 rings (SSSR count). The van der Waals surface area contributed by atoms with Crippen LogP contribution in [0.2, 0.25) is 0 Å². The largest absolute Gasteiger partial charge is 0.355 e. The number of amides is 1. The van der Waals surface area contributed by atoms with E-state index in [-0.39, 0.29) is 5.91 Å². The van der Waals surface area contributed by atoms with Gasteiger partial charge in [0.15, 0.2) is 0 Å². The van der Waals surface area contributed by atoms with E-state index in [4.69, 9.17) is 0 Å². The Kier molecular flexibility index (Phi) is 7.02. The fourth-order valence-electron chi connectivity index (χ4n) is 3.55. The average molecular weight is 384 g/mol. The molecular formula is C27H29NO. The van der Waals surface area contributed by atoms with Crippen molar-refractivity contribution in [2.24, 2.45) is 0 Å². The van der Waals surface area contributed by atoms with Gasteiger partial charge in [0, 0.05) is 12.6 Å². The molecule has 1 aliphatic carbocycles. The van der Waals surface area contributed by atoms with E-state index in [0.717, 1.165) is 18.4 Å². The lowest BCUT2D eigenvalue weighted by Crippen LogP contribution is -2.17. The van der Waals surface area contributed by atoms with Crippen molar-refractivity contribution >= 4 is 12.0 Å². The number of allylic oxidation sites excluding steroid dienone is 1. The lowest BCUT2D eigenvalue weighted by atomic mass is 10.00. The average Bonchev–Trinajstić information content (AvgIpc) is 3.17. The van der Waals surface area contributed by atoms with E-state index in [0.29, 0.717) is 5.56 Å². The van der Waals surface area contributed by atoms with Crippen LogP contribution in [-0.4, -0.2) is 13.0 Å². The van der Waals surface area contributed by atoms with E-state index in [1.807, 2.05) is 31.2 Å². The van der Waals surface area contributed by atoms with Crippen LogP contribution in [0.15, 0.2) is 78.4 Å². The van der Waals surface area contributed by atoms with Gasteiger partial charge in [-0.1, -0.05) is 77.9 Å². The molecule has 0 unspecified atom stereocenters. The maximum absolute atomic E-state index is 11.0. The molecule has 0 saturated heterocycles. The van der Waals surface area contributed by atoms with E-state index >= 15 is 0 Å². The van der Waals surface area contributed by atoms with Gasteiger partial charge in [-0.2, -0.15) is 0 Å². The van der Waals surface area contributed by atoms with E-state index in [1.54, 1.807) is 12.6 Å². The summed E-state index contributed by atoms with van der Waals surface area (Å²) in [4.78, 5) is 11.0. The van der Waals surface area contributed by atoms with Crippen molar-refractivity contribution in [2.45, 2.75) is 33.1 Å². The van der Waals surface area contributed by atoms with Crippen LogP contribution in [0.1, 0.15) is 44.6 Å². The Morgan fingerprint density at radius 3 is 2.24 bits per heavy atom. The third kappa shape index (κ3) is 5.68. The summed E-state index contributed by atoms with van der Waals surface area (Å²) < 4.78 is 0. The Bertz CT molecular complexity index is 999. The summed E-state index contributed by atoms with van der Waals surface area (Å²) in [5.41, 5.74) is 9.23. The highest BCUT2D eigenvalue weighted by atomic mass is 16.1. The molecule has 2 nitrogen and oxygen atoms in total. The summed E-state index contributed by atoms with van der Waals surface area (Å²) in [7, 11) is 1.63. The van der Waals surface area contributed by atoms with Gasteiger partial charge >= 0.3 is 0 Å². The van der Waals surface area contributed by atoms with E-state index in [9.17, 15) is 4.79 Å². The Balaban J connectivity index is 0.000000188. The van der Waals surface area contributed by atoms with Crippen molar-refractivity contribution in [2.75, 3.05) is 7.05 Å². The van der Waals surface area contributed by atoms with Crippen molar-refractivity contribution in [3.8, 4) is 0 Å². The quantitative estimate of drug-likeness (QED) is 0.595. The molecule has 0 bridgehead atoms. The van der Waals surface area contributed by atoms with Crippen LogP contribution in [0.4, 0.5) is 0 Å². The topological polar surface area (TPSA) is 29.1 Å². The molecule has 0 aromatic heterocycles. The summed E-state index contributed by atoms with van der Waals surface area (Å²) in [6.07, 6.45) is 5.85. The highest BCUT2D eigenvalue weighted by Crippen LogP contribution is 2.27. The summed E-state index contributed by atoms with van der Waals surface area (Å²) >= 11 is 0. The third-order valence-electron chi connectivity index (χ3n) is 5.35. The van der Waals surface area contributed by atoms with Crippen molar-refractivity contribution < 1.29 is 4.79 Å². The molecule has 0 radical (unpaired) electrons. The first-order valence-corrected chi connectivity index (χ1v) is 10.2. The van der Waals surface area contributed by atoms with Gasteiger partial charge in [-0.15, -0.1) is 0 Å². The first-order chi connectivity index (χ1) is 14.1. The maximum atomic E-state index is 11.0. The fraction of sp³-hybridized carbons (Fsp3) is 0.222. The van der Waals surface area contributed by atoms with Gasteiger partial charge in [-0.3, -0.25) is 4.79 Å². The molecule has 148 valence electrons. The molecule has 0 atom stereocenters. The van der Waals surface area contributed by atoms with Crippen LogP contribution < -0.4 is 5.32 Å². The predicted molar refractivity (Wildman–Crippen MR) is 122 cm³/mol. The zero-order chi connectivity index (χ0) is 20.6. The highest BCUT2D eigenvalue weighted by Gasteiger charge is 2.11. The summed E-state index contributed by atoms with van der Waals surface area (Å²) in [6.45, 7) is 4.20. The van der Waals surface area contributed by atoms with Gasteiger partial charge in [0.25, 0.3) is 5.91 Å². The molecule has 3 aromatic rings. The first-order valence-electron chi connectivity index (χ1n) is 10.2. The molecule has 0 heterocycles. The van der Waals surface area contributed by atoms with Crippen LogP contribution in [0.5, 0.6) is 0 Å². The van der Waals surface area contributed by atoms with Crippen molar-refractivity contribution in [3.05, 3.63) is 112 Å². The lowest BCUT2D eigenvalue weighted by molar-refractivity contribution is 0.0963. The van der Waals surface area contributed by atoms with Crippen molar-refractivity contribution in [1.82, 2.24) is 5.32 Å². The molecular weight excluding hydrogens is 354 g/mol. The standard InChI is InChI=1S/C18H18.C9H11NO/c1-14-6-2-3-7-16(14)11-10-15-12-17-8-4-5-9-18(17)13-15;1-7-3-5-8(6-4-7)9(11)10-2/h2-9,12H,10-11,13H2,1H3;3-6H,1-2H3,(H,10,11). The van der Waals surface area contributed by atoms with Gasteiger partial charge in [-0.05, 0) is 67.5 Å². The second kappa shape index (κ2) is 9.88. The van der Waals surface area contributed by atoms with Crippen molar-refractivity contribution in [1.29, 1.82) is 0 Å². The lowest BCUT2D eigenvalue weighted by Gasteiger charge is -2.06. The van der Waals surface area contributed by atoms with Gasteiger partial charge in [-0.25, -0.2) is 0 Å². The van der Waals surface area contributed by atoms with E-state index < -0.39 is 0 Å². The number of nitrogens with one attached hydrogen (secondary N) is 1. The van der Waals surface area contributed by atoms with Gasteiger partial charge in [0.05, 0.1) is 0 Å². The third-order valence-corrected chi connectivity index (χ3v) is 5.35. The number of rotatable bonds is 4. The summed E-state index contributed by atoms with van der Waals surface area (Å²) in [6, 6.07) is 24.9. The van der Waals surface area contributed by atoms with Gasteiger partial charge in [0.1, 0.15) is 0 Å². The molecule has 0 aliphatic heterocycles. The Hall–Kier alpha value is -3.13. The number of carbonyl (C=O) groups is 1. The predicted octanol–water partition coefficient (Wildman–Crippen LogP) is 5.92. The number of benzene rings is 3. The number of aryl methyl sites for hydroxylation is 3. The van der Waals surface area contributed by atoms with Crippen molar-refractivity contribution in [3.63, 3.8) is 0 Å². The second-order valence-electron chi connectivity index (χ2n) is 7.55. The van der Waals surface area contributed by atoms with Crippen LogP contribution in [0.3, 0.4) is 0 Å². The minimum Gasteiger partial charge on any atom is -0.355 e. The van der Waals surface area contributed by atoms with Crippen LogP contribution in [0, 0.1) is 13.8 Å². The maximum Gasteiger partial charge on any atom is 0.251 e. The number of hydrogen-bond donors (Lipinski definition) is 1. The minimum absolute atomic E-state index is 0.0370. The Morgan fingerprint density at radius 2 is 1.55 bits per heavy atom. The molecule has 2 heteroatoms. The normalized spacial score (nSPS) is 11.8. The molecule has 0 spiro atoms. The monoisotopic (exact) mass is 383 g/mol. The Morgan fingerprint density at radius 1 is 0.862 bits per heavy atom. The SMILES string of the molecule is CNC(=O)c1ccc(C)cc1.Cc1ccccc1CCC1=Cc2ccccc2C1. The van der Waals surface area contributed by atoms with Crippen LogP contribution >= 0.6 is 0 Å². The minimum atomic E-state index is -0.0370. The van der Waals surface area contributed by atoms with Crippen LogP contribution in [0.25, 0.3) is 6.08 Å². The zero-order valence-corrected chi connectivity index (χ0v) is 17.5. The summed E-state index contributed by atoms with van der Waals surface area (Å²) in [5, 5.41) is 2.56. The van der Waals surface area contributed by atoms with Crippen LogP contribution in [-0.2, 0) is 12.8 Å². The molecule has 3 aromatic carbocycles. The fourth-order valence-corrected chi connectivity index (χ4v) is 3.55.